The minimum atomic E-state index is -3.85. The fourth-order valence-corrected chi connectivity index (χ4v) is 3.83. The van der Waals surface area contributed by atoms with Crippen molar-refractivity contribution in [2.75, 3.05) is 0 Å². The molecule has 14 heavy (non-hydrogen) atoms. The normalized spacial score (nSPS) is 29.4. The third-order valence-corrected chi connectivity index (χ3v) is 4.50. The Morgan fingerprint density at radius 3 is 2.29 bits per heavy atom. The first-order valence-corrected chi connectivity index (χ1v) is 7.03. The van der Waals surface area contributed by atoms with Crippen LogP contribution in [-0.2, 0) is 14.0 Å². The zero-order valence-corrected chi connectivity index (χ0v) is 9.22. The quantitative estimate of drug-likeness (QED) is 0.537. The molecule has 2 rings (SSSR count). The zero-order chi connectivity index (χ0) is 10.3. The lowest BCUT2D eigenvalue weighted by Gasteiger charge is -2.40. The molecule has 1 unspecified atom stereocenters. The van der Waals surface area contributed by atoms with E-state index >= 15 is 0 Å². The molecule has 6 heteroatoms. The summed E-state index contributed by atoms with van der Waals surface area (Å²) in [7, 11) is 1.33. The van der Waals surface area contributed by atoms with E-state index in [1.54, 1.807) is 0 Å². The van der Waals surface area contributed by atoms with E-state index in [-0.39, 0.29) is 11.9 Å². The lowest BCUT2D eigenvalue weighted by molar-refractivity contribution is -0.139. The van der Waals surface area contributed by atoms with Crippen LogP contribution in [-0.4, -0.2) is 24.7 Å². The Kier molecular flexibility index (Phi) is 2.47. The second kappa shape index (κ2) is 3.38. The Balaban J connectivity index is 2.11. The first-order chi connectivity index (χ1) is 6.50. The van der Waals surface area contributed by atoms with Gasteiger partial charge in [-0.05, 0) is 18.8 Å². The molecule has 0 spiro atoms. The van der Waals surface area contributed by atoms with Crippen LogP contribution in [0.1, 0.15) is 32.1 Å². The monoisotopic (exact) mass is 237 g/mol. The molecular formula is C8H12ClNO3S. The Morgan fingerprint density at radius 1 is 1.29 bits per heavy atom. The van der Waals surface area contributed by atoms with Gasteiger partial charge in [0.15, 0.2) is 0 Å². The van der Waals surface area contributed by atoms with E-state index in [9.17, 15) is 13.2 Å². The minimum absolute atomic E-state index is 0.160. The van der Waals surface area contributed by atoms with Crippen molar-refractivity contribution in [1.82, 2.24) is 4.31 Å². The molecule has 80 valence electrons. The molecule has 0 radical (unpaired) electrons. The molecular weight excluding hydrogens is 226 g/mol. The topological polar surface area (TPSA) is 54.5 Å². The number of nitrogens with zero attached hydrogens (tertiary/aromatic N) is 1. The van der Waals surface area contributed by atoms with Gasteiger partial charge in [-0.3, -0.25) is 4.79 Å². The van der Waals surface area contributed by atoms with Crippen LogP contribution in [0.3, 0.4) is 0 Å². The van der Waals surface area contributed by atoms with E-state index in [0.717, 1.165) is 30.0 Å². The number of hydrogen-bond donors (Lipinski definition) is 0. The second-order valence-electron chi connectivity index (χ2n) is 3.95. The fraction of sp³-hybridized carbons (Fsp3) is 0.875. The average Bonchev–Trinajstić information content (AvgIpc) is 2.47. The van der Waals surface area contributed by atoms with E-state index in [1.807, 2.05) is 0 Å². The maximum atomic E-state index is 11.1. The summed E-state index contributed by atoms with van der Waals surface area (Å²) < 4.78 is 23.0. The Morgan fingerprint density at radius 2 is 1.86 bits per heavy atom. The molecule has 1 atom stereocenters. The average molecular weight is 238 g/mol. The fourth-order valence-electron chi connectivity index (χ4n) is 2.41. The van der Waals surface area contributed by atoms with Crippen LogP contribution in [0.5, 0.6) is 0 Å². The second-order valence-corrected chi connectivity index (χ2v) is 6.34. The highest BCUT2D eigenvalue weighted by Gasteiger charge is 2.47. The predicted octanol–water partition coefficient (Wildman–Crippen LogP) is 1.26. The van der Waals surface area contributed by atoms with Crippen molar-refractivity contribution in [3.8, 4) is 0 Å². The van der Waals surface area contributed by atoms with E-state index in [0.29, 0.717) is 12.3 Å². The Bertz CT molecular complexity index is 348. The summed E-state index contributed by atoms with van der Waals surface area (Å²) in [6.45, 7) is 0. The van der Waals surface area contributed by atoms with Crippen molar-refractivity contribution < 1.29 is 13.2 Å². The van der Waals surface area contributed by atoms with Gasteiger partial charge >= 0.3 is 9.24 Å². The van der Waals surface area contributed by atoms with Gasteiger partial charge in [-0.2, -0.15) is 8.42 Å². The van der Waals surface area contributed by atoms with Crippen LogP contribution in [0.4, 0.5) is 0 Å². The largest absolute Gasteiger partial charge is 0.324 e. The maximum absolute atomic E-state index is 11.1. The smallest absolute Gasteiger partial charge is 0.274 e. The third-order valence-electron chi connectivity index (χ3n) is 3.11. The molecule has 1 aliphatic heterocycles. The molecule has 4 nitrogen and oxygen atoms in total. The number of rotatable bonds is 2. The van der Waals surface area contributed by atoms with Gasteiger partial charge in [0, 0.05) is 17.1 Å². The van der Waals surface area contributed by atoms with Crippen LogP contribution in [0.25, 0.3) is 0 Å². The van der Waals surface area contributed by atoms with Crippen molar-refractivity contribution in [2.45, 2.75) is 38.1 Å². The van der Waals surface area contributed by atoms with Crippen LogP contribution < -0.4 is 0 Å². The third kappa shape index (κ3) is 1.63. The Hall–Kier alpha value is -0.290. The van der Waals surface area contributed by atoms with E-state index in [1.165, 1.54) is 0 Å². The lowest BCUT2D eigenvalue weighted by Crippen LogP contribution is -2.56. The Labute approximate surface area is 87.8 Å². The molecule has 1 aliphatic carbocycles. The van der Waals surface area contributed by atoms with E-state index in [4.69, 9.17) is 10.7 Å². The highest BCUT2D eigenvalue weighted by molar-refractivity contribution is 8.12. The first-order valence-electron chi connectivity index (χ1n) is 4.77. The van der Waals surface area contributed by atoms with Crippen molar-refractivity contribution in [2.24, 2.45) is 5.92 Å². The number of halogens is 1. The van der Waals surface area contributed by atoms with Gasteiger partial charge in [0.2, 0.25) is 5.91 Å². The number of β-lactam (4-membered cyclic amide) rings is 1. The predicted molar refractivity (Wildman–Crippen MR) is 52.0 cm³/mol. The summed E-state index contributed by atoms with van der Waals surface area (Å²) in [6.07, 6.45) is 4.63. The molecule has 1 saturated heterocycles. The van der Waals surface area contributed by atoms with Gasteiger partial charge in [-0.15, -0.1) is 0 Å². The molecule has 0 N–H and O–H groups in total. The first kappa shape index (κ1) is 10.2. The summed E-state index contributed by atoms with van der Waals surface area (Å²) in [5.74, 6) is -0.0295. The minimum Gasteiger partial charge on any atom is -0.274 e. The zero-order valence-electron chi connectivity index (χ0n) is 7.65. The SMILES string of the molecule is O=C1CC(C2CCCC2)N1S(=O)(=O)Cl. The summed E-state index contributed by atoms with van der Waals surface area (Å²) in [4.78, 5) is 11.1. The van der Waals surface area contributed by atoms with Gasteiger partial charge in [0.25, 0.3) is 0 Å². The van der Waals surface area contributed by atoms with Gasteiger partial charge in [-0.1, -0.05) is 12.8 Å². The van der Waals surface area contributed by atoms with Crippen molar-refractivity contribution in [3.63, 3.8) is 0 Å². The van der Waals surface area contributed by atoms with Crippen molar-refractivity contribution >= 4 is 25.8 Å². The van der Waals surface area contributed by atoms with Crippen LogP contribution in [0.2, 0.25) is 0 Å². The standard InChI is InChI=1S/C8H12ClNO3S/c9-14(12,13)10-7(5-8(10)11)6-3-1-2-4-6/h6-7H,1-5H2. The van der Waals surface area contributed by atoms with Gasteiger partial charge in [0.05, 0.1) is 6.04 Å². The molecule has 0 aromatic rings. The van der Waals surface area contributed by atoms with Gasteiger partial charge < -0.3 is 0 Å². The molecule has 2 aliphatic rings. The summed E-state index contributed by atoms with van der Waals surface area (Å²) in [6, 6.07) is -0.160. The van der Waals surface area contributed by atoms with E-state index in [2.05, 4.69) is 0 Å². The van der Waals surface area contributed by atoms with Crippen LogP contribution >= 0.6 is 10.7 Å². The van der Waals surface area contributed by atoms with Crippen molar-refractivity contribution in [3.05, 3.63) is 0 Å². The molecule has 0 bridgehead atoms. The van der Waals surface area contributed by atoms with Gasteiger partial charge in [-0.25, -0.2) is 4.31 Å². The molecule has 1 amide bonds. The molecule has 2 fully saturated rings. The highest BCUT2D eigenvalue weighted by atomic mass is 35.7. The highest BCUT2D eigenvalue weighted by Crippen LogP contribution is 2.38. The maximum Gasteiger partial charge on any atom is 0.324 e. The van der Waals surface area contributed by atoms with E-state index < -0.39 is 9.24 Å². The number of amides is 1. The summed E-state index contributed by atoms with van der Waals surface area (Å²) >= 11 is 0. The number of carbonyl (C=O) groups excluding carboxylic acids is 1. The lowest BCUT2D eigenvalue weighted by atomic mass is 9.90. The number of hydrogen-bond acceptors (Lipinski definition) is 3. The van der Waals surface area contributed by atoms with Crippen LogP contribution in [0.15, 0.2) is 0 Å². The summed E-state index contributed by atoms with van der Waals surface area (Å²) in [5, 5.41) is 0. The van der Waals surface area contributed by atoms with Crippen molar-refractivity contribution in [1.29, 1.82) is 0 Å². The van der Waals surface area contributed by atoms with Gasteiger partial charge in [0.1, 0.15) is 0 Å². The van der Waals surface area contributed by atoms with Crippen LogP contribution in [0, 0.1) is 5.92 Å². The molecule has 0 aromatic heterocycles. The molecule has 1 saturated carbocycles. The molecule has 1 heterocycles. The summed E-state index contributed by atoms with van der Waals surface area (Å²) in [5.41, 5.74) is 0. The molecule has 0 aromatic carbocycles. The number of carbonyl (C=O) groups is 1.